The predicted octanol–water partition coefficient (Wildman–Crippen LogP) is 5.00. The van der Waals surface area contributed by atoms with E-state index in [0.29, 0.717) is 5.69 Å². The molecule has 0 atom stereocenters. The average molecular weight is 411 g/mol. The molecule has 1 aliphatic rings. The van der Waals surface area contributed by atoms with E-state index >= 15 is 0 Å². The monoisotopic (exact) mass is 411 g/mol. The van der Waals surface area contributed by atoms with Crippen LogP contribution in [0.1, 0.15) is 0 Å². The second-order valence-corrected chi connectivity index (χ2v) is 6.92. The number of ether oxygens (including phenoxy) is 2. The molecule has 0 aliphatic carbocycles. The predicted molar refractivity (Wildman–Crippen MR) is 121 cm³/mol. The minimum Gasteiger partial charge on any atom is -0.465 e. The number of rotatable bonds is 4. The highest BCUT2D eigenvalue weighted by Crippen LogP contribution is 2.30. The topological polar surface area (TPSA) is 55.8 Å². The number of carbonyl (C=O) groups is 2. The van der Waals surface area contributed by atoms with E-state index in [1.807, 2.05) is 36.4 Å². The van der Waals surface area contributed by atoms with Gasteiger partial charge in [0.05, 0.1) is 19.8 Å². The third-order valence-electron chi connectivity index (χ3n) is 5.12. The van der Waals surface area contributed by atoms with Gasteiger partial charge >= 0.3 is 11.9 Å². The van der Waals surface area contributed by atoms with E-state index in [1.54, 1.807) is 23.3 Å². The zero-order valence-electron chi connectivity index (χ0n) is 17.2. The highest BCUT2D eigenvalue weighted by molar-refractivity contribution is 6.05. The van der Waals surface area contributed by atoms with Gasteiger partial charge in [-0.15, -0.1) is 0 Å². The number of anilines is 1. The van der Waals surface area contributed by atoms with E-state index in [2.05, 4.69) is 30.3 Å². The van der Waals surface area contributed by atoms with Gasteiger partial charge in [0.15, 0.2) is 0 Å². The maximum absolute atomic E-state index is 12.5. The van der Waals surface area contributed by atoms with Crippen LogP contribution in [0.3, 0.4) is 0 Å². The van der Waals surface area contributed by atoms with Crippen molar-refractivity contribution < 1.29 is 19.1 Å². The Morgan fingerprint density at radius 3 is 2.13 bits per heavy atom. The molecule has 3 aromatic rings. The van der Waals surface area contributed by atoms with Gasteiger partial charge < -0.3 is 14.4 Å². The summed E-state index contributed by atoms with van der Waals surface area (Å²) in [6.07, 6.45) is 6.68. The van der Waals surface area contributed by atoms with E-state index in [4.69, 9.17) is 9.47 Å². The summed E-state index contributed by atoms with van der Waals surface area (Å²) in [5.74, 6) is -1.24. The van der Waals surface area contributed by atoms with E-state index in [9.17, 15) is 9.59 Å². The van der Waals surface area contributed by atoms with Gasteiger partial charge in [0.25, 0.3) is 0 Å². The van der Waals surface area contributed by atoms with Gasteiger partial charge in [-0.25, -0.2) is 9.59 Å². The summed E-state index contributed by atoms with van der Waals surface area (Å²) in [5, 5.41) is 2.36. The molecule has 0 spiro atoms. The van der Waals surface area contributed by atoms with E-state index in [0.717, 1.165) is 11.1 Å². The molecular weight excluding hydrogens is 390 g/mol. The van der Waals surface area contributed by atoms with Crippen LogP contribution in [-0.4, -0.2) is 26.2 Å². The minimum atomic E-state index is -0.629. The number of fused-ring (bicyclic) bond motifs is 1. The van der Waals surface area contributed by atoms with E-state index < -0.39 is 11.9 Å². The number of methoxy groups -OCH3 is 2. The fraction of sp³-hybridized carbons (Fsp3) is 0.0769. The van der Waals surface area contributed by atoms with E-state index in [1.165, 1.54) is 31.1 Å². The van der Waals surface area contributed by atoms with Gasteiger partial charge in [0.1, 0.15) is 5.70 Å². The number of nitrogens with zero attached hydrogens (tertiary/aromatic N) is 1. The number of benzene rings is 3. The molecule has 0 amide bonds. The molecule has 5 nitrogen and oxygen atoms in total. The van der Waals surface area contributed by atoms with Gasteiger partial charge in [0, 0.05) is 11.9 Å². The third-order valence-corrected chi connectivity index (χ3v) is 5.12. The molecule has 0 aromatic heterocycles. The number of hydrogen-bond acceptors (Lipinski definition) is 5. The Bertz CT molecular complexity index is 1240. The first-order valence-electron chi connectivity index (χ1n) is 9.76. The van der Waals surface area contributed by atoms with Gasteiger partial charge in [-0.05, 0) is 52.3 Å². The van der Waals surface area contributed by atoms with Crippen LogP contribution in [0.15, 0.2) is 102 Å². The largest absolute Gasteiger partial charge is 0.465 e. The molecule has 0 N–H and O–H groups in total. The van der Waals surface area contributed by atoms with Crippen LogP contribution in [0.5, 0.6) is 0 Å². The van der Waals surface area contributed by atoms with Crippen molar-refractivity contribution in [3.8, 4) is 11.1 Å². The molecule has 154 valence electrons. The van der Waals surface area contributed by atoms with Gasteiger partial charge in [-0.2, -0.15) is 0 Å². The lowest BCUT2D eigenvalue weighted by molar-refractivity contribution is -0.139. The first kappa shape index (κ1) is 20.2. The summed E-state index contributed by atoms with van der Waals surface area (Å²) in [6, 6.07) is 22.3. The third kappa shape index (κ3) is 3.98. The Labute approximate surface area is 180 Å². The summed E-state index contributed by atoms with van der Waals surface area (Å²) in [7, 11) is 2.56. The second-order valence-electron chi connectivity index (χ2n) is 6.92. The van der Waals surface area contributed by atoms with Gasteiger partial charge in [-0.1, -0.05) is 54.6 Å². The van der Waals surface area contributed by atoms with Crippen molar-refractivity contribution in [1.29, 1.82) is 0 Å². The maximum Gasteiger partial charge on any atom is 0.355 e. The molecule has 0 unspecified atom stereocenters. The normalized spacial score (nSPS) is 13.3. The number of carbonyl (C=O) groups excluding carboxylic acids is 2. The standard InChI is InChI=1S/C26H21NO4/c1-30-25(28)23-9-5-6-16-27(24(23)26(29)31-2)22-14-12-19(13-15-22)21-11-10-18-7-3-4-8-20(18)17-21/h3-17H,1-2H3. The molecule has 1 aliphatic heterocycles. The highest BCUT2D eigenvalue weighted by atomic mass is 16.5. The Morgan fingerprint density at radius 2 is 1.42 bits per heavy atom. The van der Waals surface area contributed by atoms with Crippen LogP contribution < -0.4 is 4.90 Å². The molecule has 4 rings (SSSR count). The second kappa shape index (κ2) is 8.71. The summed E-state index contributed by atoms with van der Waals surface area (Å²) in [6.45, 7) is 0. The summed E-state index contributed by atoms with van der Waals surface area (Å²) in [4.78, 5) is 26.5. The van der Waals surface area contributed by atoms with Crippen LogP contribution >= 0.6 is 0 Å². The number of allylic oxidation sites excluding steroid dienone is 2. The van der Waals surface area contributed by atoms with Crippen molar-refractivity contribution >= 4 is 28.4 Å². The quantitative estimate of drug-likeness (QED) is 0.566. The number of esters is 2. The van der Waals surface area contributed by atoms with Crippen LogP contribution in [0.25, 0.3) is 21.9 Å². The molecule has 31 heavy (non-hydrogen) atoms. The molecule has 1 heterocycles. The van der Waals surface area contributed by atoms with Gasteiger partial charge in [-0.3, -0.25) is 0 Å². The first-order valence-corrected chi connectivity index (χ1v) is 9.76. The van der Waals surface area contributed by atoms with Crippen LogP contribution in [0, 0.1) is 0 Å². The minimum absolute atomic E-state index is 0.0952. The summed E-state index contributed by atoms with van der Waals surface area (Å²) < 4.78 is 9.80. The average Bonchev–Trinajstić information content (AvgIpc) is 3.06. The van der Waals surface area contributed by atoms with Crippen molar-refractivity contribution in [3.05, 3.63) is 102 Å². The Balaban J connectivity index is 1.74. The van der Waals surface area contributed by atoms with Crippen molar-refractivity contribution in [1.82, 2.24) is 0 Å². The van der Waals surface area contributed by atoms with Crippen LogP contribution in [0.2, 0.25) is 0 Å². The lowest BCUT2D eigenvalue weighted by Gasteiger charge is -2.23. The molecule has 0 radical (unpaired) electrons. The number of hydrogen-bond donors (Lipinski definition) is 0. The maximum atomic E-state index is 12.5. The van der Waals surface area contributed by atoms with Crippen LogP contribution in [0.4, 0.5) is 5.69 Å². The lowest BCUT2D eigenvalue weighted by atomic mass is 10.0. The van der Waals surface area contributed by atoms with Gasteiger partial charge in [0.2, 0.25) is 0 Å². The zero-order valence-corrected chi connectivity index (χ0v) is 17.2. The smallest absolute Gasteiger partial charge is 0.355 e. The van der Waals surface area contributed by atoms with Crippen molar-refractivity contribution in [2.24, 2.45) is 0 Å². The Morgan fingerprint density at radius 1 is 0.742 bits per heavy atom. The van der Waals surface area contributed by atoms with Crippen LogP contribution in [-0.2, 0) is 19.1 Å². The fourth-order valence-electron chi connectivity index (χ4n) is 3.55. The Kier molecular flexibility index (Phi) is 5.67. The molecule has 0 saturated heterocycles. The molecule has 3 aromatic carbocycles. The van der Waals surface area contributed by atoms with Crippen molar-refractivity contribution in [2.45, 2.75) is 0 Å². The van der Waals surface area contributed by atoms with Crippen molar-refractivity contribution in [3.63, 3.8) is 0 Å². The molecule has 0 bridgehead atoms. The molecular formula is C26H21NO4. The fourth-order valence-corrected chi connectivity index (χ4v) is 3.55. The summed E-state index contributed by atoms with van der Waals surface area (Å²) >= 11 is 0. The lowest BCUT2D eigenvalue weighted by Crippen LogP contribution is -2.26. The Hall–Kier alpha value is -4.12. The molecule has 5 heteroatoms. The summed E-state index contributed by atoms with van der Waals surface area (Å²) in [5.41, 5.74) is 3.07. The zero-order chi connectivity index (χ0) is 21.8. The molecule has 0 saturated carbocycles. The first-order chi connectivity index (χ1) is 15.1. The molecule has 0 fully saturated rings. The van der Waals surface area contributed by atoms with E-state index in [-0.39, 0.29) is 11.3 Å². The SMILES string of the molecule is COC(=O)C1=C(C(=O)OC)N(c2ccc(-c3ccc4ccccc4c3)cc2)C=CC=C1. The highest BCUT2D eigenvalue weighted by Gasteiger charge is 2.27. The van der Waals surface area contributed by atoms with Crippen molar-refractivity contribution in [2.75, 3.05) is 19.1 Å².